The summed E-state index contributed by atoms with van der Waals surface area (Å²) in [4.78, 5) is 0. The first-order valence-corrected chi connectivity index (χ1v) is 5.74. The molecule has 2 aromatic carbocycles. The van der Waals surface area contributed by atoms with Gasteiger partial charge in [-0.05, 0) is 23.1 Å². The molecule has 18 heavy (non-hydrogen) atoms. The van der Waals surface area contributed by atoms with Gasteiger partial charge in [0.1, 0.15) is 5.82 Å². The van der Waals surface area contributed by atoms with Gasteiger partial charge in [0.15, 0.2) is 11.6 Å². The molecule has 0 aliphatic heterocycles. The van der Waals surface area contributed by atoms with Crippen molar-refractivity contribution in [3.63, 3.8) is 0 Å². The number of hydrogen-bond acceptors (Lipinski definition) is 0. The molecule has 0 aliphatic rings. The molecule has 0 N–H and O–H groups in total. The van der Waals surface area contributed by atoms with Crippen LogP contribution in [0.1, 0.15) is 25.3 Å². The van der Waals surface area contributed by atoms with Crippen LogP contribution in [-0.2, 0) is 0 Å². The molecule has 0 fully saturated rings. The highest BCUT2D eigenvalue weighted by Gasteiger charge is 2.12. The van der Waals surface area contributed by atoms with Crippen LogP contribution in [0.3, 0.4) is 0 Å². The van der Waals surface area contributed by atoms with E-state index in [4.69, 9.17) is 0 Å². The standard InChI is InChI=1S/C15H13F3/c1-9(2)10-3-5-11(6-4-10)13-7-12(16)8-14(17)15(13)18/h3-9H,1-2H3. The zero-order valence-electron chi connectivity index (χ0n) is 10.2. The lowest BCUT2D eigenvalue weighted by Crippen LogP contribution is -1.93. The molecule has 0 saturated heterocycles. The molecular weight excluding hydrogens is 237 g/mol. The Labute approximate surface area is 104 Å². The van der Waals surface area contributed by atoms with Crippen LogP contribution in [0.4, 0.5) is 13.2 Å². The maximum Gasteiger partial charge on any atom is 0.166 e. The van der Waals surface area contributed by atoms with Gasteiger partial charge in [0, 0.05) is 11.6 Å². The normalized spacial score (nSPS) is 11.0. The van der Waals surface area contributed by atoms with E-state index in [0.29, 0.717) is 17.5 Å². The van der Waals surface area contributed by atoms with E-state index in [1.165, 1.54) is 0 Å². The molecule has 0 spiro atoms. The number of rotatable bonds is 2. The van der Waals surface area contributed by atoms with Crippen molar-refractivity contribution in [2.45, 2.75) is 19.8 Å². The molecule has 2 rings (SSSR count). The van der Waals surface area contributed by atoms with Crippen molar-refractivity contribution < 1.29 is 13.2 Å². The average Bonchev–Trinajstić information content (AvgIpc) is 2.34. The number of hydrogen-bond donors (Lipinski definition) is 0. The molecule has 0 saturated carbocycles. The number of halogens is 3. The van der Waals surface area contributed by atoms with Gasteiger partial charge in [0.2, 0.25) is 0 Å². The Hall–Kier alpha value is -1.77. The van der Waals surface area contributed by atoms with Gasteiger partial charge < -0.3 is 0 Å². The second-order valence-electron chi connectivity index (χ2n) is 4.53. The predicted molar refractivity (Wildman–Crippen MR) is 65.8 cm³/mol. The van der Waals surface area contributed by atoms with Crippen molar-refractivity contribution in [2.75, 3.05) is 0 Å². The van der Waals surface area contributed by atoms with E-state index in [1.807, 2.05) is 26.0 Å². The maximum absolute atomic E-state index is 13.6. The van der Waals surface area contributed by atoms with Gasteiger partial charge in [-0.3, -0.25) is 0 Å². The summed E-state index contributed by atoms with van der Waals surface area (Å²) in [6.45, 7) is 4.08. The van der Waals surface area contributed by atoms with E-state index >= 15 is 0 Å². The molecule has 0 nitrogen and oxygen atoms in total. The fourth-order valence-corrected chi connectivity index (χ4v) is 1.81. The third-order valence-electron chi connectivity index (χ3n) is 2.88. The minimum Gasteiger partial charge on any atom is -0.207 e. The third-order valence-corrected chi connectivity index (χ3v) is 2.88. The van der Waals surface area contributed by atoms with E-state index in [0.717, 1.165) is 11.6 Å². The van der Waals surface area contributed by atoms with Crippen LogP contribution in [0.25, 0.3) is 11.1 Å². The summed E-state index contributed by atoms with van der Waals surface area (Å²) in [6, 6.07) is 8.56. The quantitative estimate of drug-likeness (QED) is 0.665. The molecule has 0 aromatic heterocycles. The Bertz CT molecular complexity index is 557. The van der Waals surface area contributed by atoms with Crippen LogP contribution in [0.15, 0.2) is 36.4 Å². The Kier molecular flexibility index (Phi) is 3.41. The minimum absolute atomic E-state index is 0.0530. The monoisotopic (exact) mass is 250 g/mol. The molecule has 0 bridgehead atoms. The van der Waals surface area contributed by atoms with E-state index in [2.05, 4.69) is 0 Å². The molecular formula is C15H13F3. The van der Waals surface area contributed by atoms with Crippen LogP contribution in [-0.4, -0.2) is 0 Å². The SMILES string of the molecule is CC(C)c1ccc(-c2cc(F)cc(F)c2F)cc1. The van der Waals surface area contributed by atoms with Crippen molar-refractivity contribution in [3.05, 3.63) is 59.4 Å². The summed E-state index contributed by atoms with van der Waals surface area (Å²) in [6.07, 6.45) is 0. The lowest BCUT2D eigenvalue weighted by molar-refractivity contribution is 0.497. The van der Waals surface area contributed by atoms with Gasteiger partial charge in [-0.1, -0.05) is 38.1 Å². The minimum atomic E-state index is -1.17. The Balaban J connectivity index is 2.49. The largest absolute Gasteiger partial charge is 0.207 e. The summed E-state index contributed by atoms with van der Waals surface area (Å²) < 4.78 is 39.8. The first-order chi connectivity index (χ1) is 8.49. The van der Waals surface area contributed by atoms with Crippen LogP contribution >= 0.6 is 0 Å². The van der Waals surface area contributed by atoms with E-state index in [-0.39, 0.29) is 5.56 Å². The van der Waals surface area contributed by atoms with Crippen LogP contribution < -0.4 is 0 Å². The van der Waals surface area contributed by atoms with Gasteiger partial charge in [-0.15, -0.1) is 0 Å². The summed E-state index contributed by atoms with van der Waals surface area (Å²) >= 11 is 0. The van der Waals surface area contributed by atoms with E-state index < -0.39 is 17.5 Å². The second-order valence-corrected chi connectivity index (χ2v) is 4.53. The number of benzene rings is 2. The fourth-order valence-electron chi connectivity index (χ4n) is 1.81. The Morgan fingerprint density at radius 3 is 2.06 bits per heavy atom. The first-order valence-electron chi connectivity index (χ1n) is 5.74. The topological polar surface area (TPSA) is 0 Å². The zero-order chi connectivity index (χ0) is 13.3. The lowest BCUT2D eigenvalue weighted by Gasteiger charge is -2.08. The molecule has 0 heterocycles. The van der Waals surface area contributed by atoms with Gasteiger partial charge in [-0.2, -0.15) is 0 Å². The molecule has 0 aliphatic carbocycles. The fraction of sp³-hybridized carbons (Fsp3) is 0.200. The van der Waals surface area contributed by atoms with Gasteiger partial charge in [0.05, 0.1) is 0 Å². The van der Waals surface area contributed by atoms with Gasteiger partial charge in [-0.25, -0.2) is 13.2 Å². The van der Waals surface area contributed by atoms with Crippen molar-refractivity contribution in [3.8, 4) is 11.1 Å². The molecule has 0 atom stereocenters. The van der Waals surface area contributed by atoms with E-state index in [1.54, 1.807) is 12.1 Å². The van der Waals surface area contributed by atoms with Crippen molar-refractivity contribution in [2.24, 2.45) is 0 Å². The predicted octanol–water partition coefficient (Wildman–Crippen LogP) is 4.89. The molecule has 94 valence electrons. The third kappa shape index (κ3) is 2.40. The van der Waals surface area contributed by atoms with Crippen LogP contribution in [0.5, 0.6) is 0 Å². The van der Waals surface area contributed by atoms with Crippen molar-refractivity contribution >= 4 is 0 Å². The zero-order valence-corrected chi connectivity index (χ0v) is 10.2. The average molecular weight is 250 g/mol. The highest BCUT2D eigenvalue weighted by Crippen LogP contribution is 2.27. The lowest BCUT2D eigenvalue weighted by atomic mass is 9.98. The summed E-state index contributed by atoms with van der Waals surface area (Å²) in [5.74, 6) is -2.61. The first kappa shape index (κ1) is 12.7. The maximum atomic E-state index is 13.6. The second kappa shape index (κ2) is 4.84. The molecule has 0 unspecified atom stereocenters. The summed E-state index contributed by atoms with van der Waals surface area (Å²) in [7, 11) is 0. The smallest absolute Gasteiger partial charge is 0.166 e. The summed E-state index contributed by atoms with van der Waals surface area (Å²) in [5, 5.41) is 0. The Morgan fingerprint density at radius 2 is 1.50 bits per heavy atom. The van der Waals surface area contributed by atoms with Gasteiger partial charge in [0.25, 0.3) is 0 Å². The van der Waals surface area contributed by atoms with Crippen molar-refractivity contribution in [1.82, 2.24) is 0 Å². The molecule has 0 amide bonds. The molecule has 0 radical (unpaired) electrons. The van der Waals surface area contributed by atoms with Crippen LogP contribution in [0.2, 0.25) is 0 Å². The van der Waals surface area contributed by atoms with Gasteiger partial charge >= 0.3 is 0 Å². The van der Waals surface area contributed by atoms with Crippen LogP contribution in [0, 0.1) is 17.5 Å². The highest BCUT2D eigenvalue weighted by molar-refractivity contribution is 5.64. The molecule has 2 aromatic rings. The van der Waals surface area contributed by atoms with E-state index in [9.17, 15) is 13.2 Å². The molecule has 3 heteroatoms. The highest BCUT2D eigenvalue weighted by atomic mass is 19.2. The van der Waals surface area contributed by atoms with Crippen molar-refractivity contribution in [1.29, 1.82) is 0 Å². The summed E-state index contributed by atoms with van der Waals surface area (Å²) in [5.41, 5.74) is 1.51. The Morgan fingerprint density at radius 1 is 0.889 bits per heavy atom.